The summed E-state index contributed by atoms with van der Waals surface area (Å²) in [7, 11) is 0. The fourth-order valence-electron chi connectivity index (χ4n) is 2.20. The van der Waals surface area contributed by atoms with E-state index in [9.17, 15) is 4.39 Å². The van der Waals surface area contributed by atoms with E-state index in [-0.39, 0.29) is 5.82 Å². The van der Waals surface area contributed by atoms with Crippen LogP contribution in [0.1, 0.15) is 11.1 Å². The minimum atomic E-state index is -0.216. The molecule has 106 valence electrons. The SMILES string of the molecule is Fc1cc(Br)cc(CC(CCl)Cc2ccc(Br)cc2)c1. The van der Waals surface area contributed by atoms with Crippen molar-refractivity contribution in [2.24, 2.45) is 5.92 Å². The van der Waals surface area contributed by atoms with Crippen LogP contribution in [0.15, 0.2) is 51.4 Å². The minimum Gasteiger partial charge on any atom is -0.207 e. The Morgan fingerprint density at radius 3 is 2.15 bits per heavy atom. The van der Waals surface area contributed by atoms with Gasteiger partial charge in [-0.05, 0) is 60.2 Å². The highest BCUT2D eigenvalue weighted by molar-refractivity contribution is 9.10. The van der Waals surface area contributed by atoms with Crippen LogP contribution in [-0.2, 0) is 12.8 Å². The van der Waals surface area contributed by atoms with Crippen LogP contribution >= 0.6 is 43.5 Å². The van der Waals surface area contributed by atoms with Crippen molar-refractivity contribution in [3.05, 3.63) is 68.4 Å². The lowest BCUT2D eigenvalue weighted by Gasteiger charge is -2.14. The number of halogens is 4. The average Bonchev–Trinajstić information content (AvgIpc) is 2.39. The topological polar surface area (TPSA) is 0 Å². The molecule has 0 saturated carbocycles. The molecule has 1 unspecified atom stereocenters. The van der Waals surface area contributed by atoms with E-state index in [0.717, 1.165) is 27.4 Å². The van der Waals surface area contributed by atoms with Gasteiger partial charge in [0.2, 0.25) is 0 Å². The largest absolute Gasteiger partial charge is 0.207 e. The molecular formula is C16H14Br2ClF. The van der Waals surface area contributed by atoms with Crippen molar-refractivity contribution in [2.45, 2.75) is 12.8 Å². The van der Waals surface area contributed by atoms with Crippen LogP contribution in [-0.4, -0.2) is 5.88 Å². The lowest BCUT2D eigenvalue weighted by Crippen LogP contribution is -2.10. The average molecular weight is 421 g/mol. The van der Waals surface area contributed by atoms with Gasteiger partial charge in [0.25, 0.3) is 0 Å². The number of alkyl halides is 1. The number of hydrogen-bond acceptors (Lipinski definition) is 0. The molecule has 0 saturated heterocycles. The van der Waals surface area contributed by atoms with Gasteiger partial charge in [0, 0.05) is 14.8 Å². The summed E-state index contributed by atoms with van der Waals surface area (Å²) in [6.07, 6.45) is 1.67. The predicted molar refractivity (Wildman–Crippen MR) is 89.9 cm³/mol. The molecule has 0 spiro atoms. The Kier molecular flexibility index (Phi) is 6.06. The molecule has 0 aliphatic carbocycles. The van der Waals surface area contributed by atoms with Gasteiger partial charge < -0.3 is 0 Å². The summed E-state index contributed by atoms with van der Waals surface area (Å²) in [5, 5.41) is 0. The van der Waals surface area contributed by atoms with Crippen molar-refractivity contribution in [3.63, 3.8) is 0 Å². The molecule has 0 amide bonds. The standard InChI is InChI=1S/C16H14Br2ClF/c17-14-3-1-11(2-4-14)5-13(10-19)6-12-7-15(18)9-16(20)8-12/h1-4,7-9,13H,5-6,10H2. The Bertz CT molecular complexity index is 549. The smallest absolute Gasteiger partial charge is 0.124 e. The van der Waals surface area contributed by atoms with Gasteiger partial charge in [-0.2, -0.15) is 0 Å². The molecule has 0 heterocycles. The Balaban J connectivity index is 2.06. The van der Waals surface area contributed by atoms with E-state index in [2.05, 4.69) is 44.0 Å². The molecule has 0 fully saturated rings. The van der Waals surface area contributed by atoms with Crippen molar-refractivity contribution < 1.29 is 4.39 Å². The molecule has 20 heavy (non-hydrogen) atoms. The van der Waals surface area contributed by atoms with E-state index in [1.807, 2.05) is 18.2 Å². The Morgan fingerprint density at radius 1 is 0.900 bits per heavy atom. The molecular weight excluding hydrogens is 406 g/mol. The second-order valence-electron chi connectivity index (χ2n) is 4.83. The maximum atomic E-state index is 13.4. The summed E-state index contributed by atoms with van der Waals surface area (Å²) < 4.78 is 15.2. The fourth-order valence-corrected chi connectivity index (χ4v) is 3.19. The molecule has 1 atom stereocenters. The number of benzene rings is 2. The van der Waals surface area contributed by atoms with E-state index in [1.165, 1.54) is 11.6 Å². The van der Waals surface area contributed by atoms with Crippen molar-refractivity contribution >= 4 is 43.5 Å². The van der Waals surface area contributed by atoms with Crippen LogP contribution < -0.4 is 0 Å². The van der Waals surface area contributed by atoms with Gasteiger partial charge in [0.05, 0.1) is 0 Å². The lowest BCUT2D eigenvalue weighted by atomic mass is 9.94. The van der Waals surface area contributed by atoms with E-state index in [1.54, 1.807) is 6.07 Å². The van der Waals surface area contributed by atoms with Gasteiger partial charge in [-0.3, -0.25) is 0 Å². The first-order valence-corrected chi connectivity index (χ1v) is 8.44. The first-order chi connectivity index (χ1) is 9.56. The normalized spacial score (nSPS) is 12.4. The summed E-state index contributed by atoms with van der Waals surface area (Å²) in [4.78, 5) is 0. The van der Waals surface area contributed by atoms with Crippen molar-refractivity contribution in [3.8, 4) is 0 Å². The Hall–Kier alpha value is -0.380. The molecule has 0 aliphatic rings. The third-order valence-electron chi connectivity index (χ3n) is 3.10. The van der Waals surface area contributed by atoms with Gasteiger partial charge in [0.1, 0.15) is 5.82 Å². The Morgan fingerprint density at radius 2 is 1.55 bits per heavy atom. The van der Waals surface area contributed by atoms with E-state index in [4.69, 9.17) is 11.6 Å². The summed E-state index contributed by atoms with van der Waals surface area (Å²) in [5.74, 6) is 0.641. The summed E-state index contributed by atoms with van der Waals surface area (Å²) in [6, 6.07) is 13.2. The van der Waals surface area contributed by atoms with E-state index >= 15 is 0 Å². The maximum absolute atomic E-state index is 13.4. The quantitative estimate of drug-likeness (QED) is 0.521. The number of hydrogen-bond donors (Lipinski definition) is 0. The summed E-state index contributed by atoms with van der Waals surface area (Å²) >= 11 is 12.8. The zero-order valence-electron chi connectivity index (χ0n) is 10.8. The second-order valence-corrected chi connectivity index (χ2v) is 6.97. The predicted octanol–water partition coefficient (Wildman–Crippen LogP) is 5.99. The first-order valence-electron chi connectivity index (χ1n) is 6.32. The van der Waals surface area contributed by atoms with Crippen LogP contribution in [0.4, 0.5) is 4.39 Å². The van der Waals surface area contributed by atoms with Crippen LogP contribution in [0.5, 0.6) is 0 Å². The molecule has 2 aromatic carbocycles. The van der Waals surface area contributed by atoms with Crippen LogP contribution in [0.3, 0.4) is 0 Å². The molecule has 0 bridgehead atoms. The third-order valence-corrected chi connectivity index (χ3v) is 4.53. The molecule has 0 N–H and O–H groups in total. The van der Waals surface area contributed by atoms with Crippen LogP contribution in [0.2, 0.25) is 0 Å². The maximum Gasteiger partial charge on any atom is 0.124 e. The first kappa shape index (κ1) is 16.0. The highest BCUT2D eigenvalue weighted by Gasteiger charge is 2.11. The van der Waals surface area contributed by atoms with Gasteiger partial charge in [0.15, 0.2) is 0 Å². The molecule has 2 aromatic rings. The summed E-state index contributed by atoms with van der Waals surface area (Å²) in [5.41, 5.74) is 2.22. The zero-order valence-corrected chi connectivity index (χ0v) is 14.7. The van der Waals surface area contributed by atoms with Crippen LogP contribution in [0, 0.1) is 11.7 Å². The van der Waals surface area contributed by atoms with Gasteiger partial charge in [-0.15, -0.1) is 11.6 Å². The fraction of sp³-hybridized carbons (Fsp3) is 0.250. The van der Waals surface area contributed by atoms with E-state index in [0.29, 0.717) is 11.8 Å². The van der Waals surface area contributed by atoms with Crippen LogP contribution in [0.25, 0.3) is 0 Å². The highest BCUT2D eigenvalue weighted by atomic mass is 79.9. The molecule has 4 heteroatoms. The molecule has 2 rings (SSSR count). The second kappa shape index (κ2) is 7.58. The third kappa shape index (κ3) is 4.87. The van der Waals surface area contributed by atoms with Crippen molar-refractivity contribution in [1.82, 2.24) is 0 Å². The van der Waals surface area contributed by atoms with E-state index < -0.39 is 0 Å². The van der Waals surface area contributed by atoms with Gasteiger partial charge >= 0.3 is 0 Å². The molecule has 0 aromatic heterocycles. The molecule has 0 aliphatic heterocycles. The molecule has 0 radical (unpaired) electrons. The minimum absolute atomic E-state index is 0.216. The van der Waals surface area contributed by atoms with Gasteiger partial charge in [-0.1, -0.05) is 44.0 Å². The zero-order chi connectivity index (χ0) is 14.5. The lowest BCUT2D eigenvalue weighted by molar-refractivity contribution is 0.576. The van der Waals surface area contributed by atoms with Crippen molar-refractivity contribution in [1.29, 1.82) is 0 Å². The number of rotatable bonds is 5. The molecule has 0 nitrogen and oxygen atoms in total. The Labute approximate surface area is 140 Å². The van der Waals surface area contributed by atoms with Gasteiger partial charge in [-0.25, -0.2) is 4.39 Å². The van der Waals surface area contributed by atoms with Crippen molar-refractivity contribution in [2.75, 3.05) is 5.88 Å². The highest BCUT2D eigenvalue weighted by Crippen LogP contribution is 2.21. The monoisotopic (exact) mass is 418 g/mol. The summed E-state index contributed by atoms with van der Waals surface area (Å²) in [6.45, 7) is 0.